The van der Waals surface area contributed by atoms with Gasteiger partial charge >= 0.3 is 0 Å². The summed E-state index contributed by atoms with van der Waals surface area (Å²) in [7, 11) is 0. The van der Waals surface area contributed by atoms with Gasteiger partial charge in [0.1, 0.15) is 0 Å². The van der Waals surface area contributed by atoms with Crippen molar-refractivity contribution < 1.29 is 0 Å². The van der Waals surface area contributed by atoms with Crippen LogP contribution in [0.1, 0.15) is 11.1 Å². The number of H-pyrrole nitrogens is 1. The molecule has 0 saturated heterocycles. The Bertz CT molecular complexity index is 250. The summed E-state index contributed by atoms with van der Waals surface area (Å²) in [6.45, 7) is 3.92. The lowest BCUT2D eigenvalue weighted by Gasteiger charge is -1.79. The van der Waals surface area contributed by atoms with Crippen molar-refractivity contribution in [3.8, 4) is 0 Å². The number of aromatic nitrogens is 3. The van der Waals surface area contributed by atoms with E-state index in [2.05, 4.69) is 15.2 Å². The Balaban J connectivity index is 3.21. The van der Waals surface area contributed by atoms with Crippen LogP contribution in [0.3, 0.4) is 0 Å². The molecule has 0 saturated carbocycles. The van der Waals surface area contributed by atoms with Gasteiger partial charge in [0.2, 0.25) is 0 Å². The van der Waals surface area contributed by atoms with E-state index in [1.807, 2.05) is 26.2 Å². The van der Waals surface area contributed by atoms with E-state index in [1.54, 1.807) is 12.4 Å². The summed E-state index contributed by atoms with van der Waals surface area (Å²) in [5.41, 5.74) is 2.10. The van der Waals surface area contributed by atoms with Gasteiger partial charge in [0.15, 0.2) is 0 Å². The third-order valence-electron chi connectivity index (χ3n) is 1.21. The first-order valence-corrected chi connectivity index (χ1v) is 3.45. The molecule has 0 aliphatic heterocycles. The molecule has 0 amide bonds. The van der Waals surface area contributed by atoms with Crippen LogP contribution in [-0.2, 0) is 0 Å². The van der Waals surface area contributed by atoms with Gasteiger partial charge in [-0.15, -0.1) is 0 Å². The van der Waals surface area contributed by atoms with Crippen molar-refractivity contribution in [1.82, 2.24) is 15.2 Å². The van der Waals surface area contributed by atoms with Crippen molar-refractivity contribution in [1.29, 1.82) is 0 Å². The lowest BCUT2D eigenvalue weighted by Crippen LogP contribution is -1.71. The van der Waals surface area contributed by atoms with Gasteiger partial charge in [0, 0.05) is 12.4 Å². The molecule has 3 nitrogen and oxygen atoms in total. The monoisotopic (exact) mass is 149 g/mol. The van der Waals surface area contributed by atoms with Crippen LogP contribution in [0.4, 0.5) is 0 Å². The number of rotatable bonds is 0. The lowest BCUT2D eigenvalue weighted by molar-refractivity contribution is 1.03. The first-order valence-electron chi connectivity index (χ1n) is 3.45. The quantitative estimate of drug-likeness (QED) is 0.608. The Hall–Kier alpha value is -1.38. The second kappa shape index (κ2) is 3.71. The van der Waals surface area contributed by atoms with E-state index in [0.29, 0.717) is 0 Å². The highest BCUT2D eigenvalue weighted by Gasteiger charge is 1.76. The minimum atomic E-state index is 1.05. The average molecular weight is 149 g/mol. The molecule has 3 heteroatoms. The molecule has 11 heavy (non-hydrogen) atoms. The molecule has 0 bridgehead atoms. The van der Waals surface area contributed by atoms with E-state index in [-0.39, 0.29) is 0 Å². The van der Waals surface area contributed by atoms with Gasteiger partial charge in [-0.2, -0.15) is 10.2 Å². The summed E-state index contributed by atoms with van der Waals surface area (Å²) in [5.74, 6) is 0. The Kier molecular flexibility index (Phi) is 2.60. The molecular weight excluding hydrogens is 138 g/mol. The largest absolute Gasteiger partial charge is 0.367 e. The number of nitrogens with zero attached hydrogens (tertiary/aromatic N) is 2. The van der Waals surface area contributed by atoms with Crippen LogP contribution < -0.4 is 0 Å². The maximum Gasteiger partial charge on any atom is 0.0539 e. The highest BCUT2D eigenvalue weighted by atomic mass is 15.1. The second-order valence-corrected chi connectivity index (χ2v) is 2.43. The van der Waals surface area contributed by atoms with Crippen molar-refractivity contribution in [2.45, 2.75) is 13.8 Å². The number of hydrogen-bond donors (Lipinski definition) is 1. The van der Waals surface area contributed by atoms with Crippen LogP contribution in [0.5, 0.6) is 0 Å². The molecule has 0 aromatic carbocycles. The predicted molar refractivity (Wildman–Crippen MR) is 43.5 cm³/mol. The molecule has 1 heterocycles. The van der Waals surface area contributed by atoms with E-state index in [4.69, 9.17) is 0 Å². The summed E-state index contributed by atoms with van der Waals surface area (Å²) in [6, 6.07) is 0. The van der Waals surface area contributed by atoms with E-state index >= 15 is 0 Å². The molecule has 1 aromatic heterocycles. The molecule has 0 spiro atoms. The Labute approximate surface area is 65.8 Å². The van der Waals surface area contributed by atoms with Gasteiger partial charge in [0.25, 0.3) is 0 Å². The van der Waals surface area contributed by atoms with E-state index in [9.17, 15) is 0 Å². The molecule has 58 valence electrons. The van der Waals surface area contributed by atoms with Crippen molar-refractivity contribution in [2.75, 3.05) is 0 Å². The molecule has 0 atom stereocenters. The van der Waals surface area contributed by atoms with Gasteiger partial charge < -0.3 is 4.98 Å². The molecule has 0 aliphatic rings. The fourth-order valence-corrected chi connectivity index (χ4v) is 0.628. The van der Waals surface area contributed by atoms with Crippen LogP contribution in [0.15, 0.2) is 24.8 Å². The fourth-order valence-electron chi connectivity index (χ4n) is 0.628. The number of aryl methyl sites for hydroxylation is 2. The number of hydrogen-bond acceptors (Lipinski definition) is 2. The smallest absolute Gasteiger partial charge is 0.0539 e. The number of aromatic amines is 1. The third kappa shape index (κ3) is 2.80. The SMILES string of the molecule is Cc1cnncc(C)c[nH]c1. The minimum absolute atomic E-state index is 1.05. The van der Waals surface area contributed by atoms with Gasteiger partial charge in [-0.05, 0) is 25.0 Å². The van der Waals surface area contributed by atoms with Crippen molar-refractivity contribution in [2.24, 2.45) is 0 Å². The zero-order valence-electron chi connectivity index (χ0n) is 6.70. The standard InChI is InChI=1S/C8H11N3/c1-7-3-9-4-8(2)6-11-10-5-7/h3-6,9H,1-2H3. The van der Waals surface area contributed by atoms with E-state index < -0.39 is 0 Å². The maximum atomic E-state index is 3.82. The summed E-state index contributed by atoms with van der Waals surface area (Å²) in [6.07, 6.45) is 7.16. The molecule has 0 fully saturated rings. The third-order valence-corrected chi connectivity index (χ3v) is 1.21. The Morgan fingerprint density at radius 1 is 1.00 bits per heavy atom. The van der Waals surface area contributed by atoms with Crippen molar-refractivity contribution >= 4 is 0 Å². The molecular formula is C8H11N3. The van der Waals surface area contributed by atoms with Crippen LogP contribution in [0, 0.1) is 13.8 Å². The highest BCUT2D eigenvalue weighted by molar-refractivity contribution is 5.00. The minimum Gasteiger partial charge on any atom is -0.367 e. The molecule has 1 rings (SSSR count). The highest BCUT2D eigenvalue weighted by Crippen LogP contribution is 1.87. The Morgan fingerprint density at radius 3 is 1.91 bits per heavy atom. The summed E-state index contributed by atoms with van der Waals surface area (Å²) in [5, 5.41) is 7.64. The van der Waals surface area contributed by atoms with Crippen LogP contribution in [-0.4, -0.2) is 15.2 Å². The van der Waals surface area contributed by atoms with Crippen LogP contribution >= 0.6 is 0 Å². The van der Waals surface area contributed by atoms with Crippen LogP contribution in [0.25, 0.3) is 0 Å². The van der Waals surface area contributed by atoms with E-state index in [0.717, 1.165) is 11.1 Å². The van der Waals surface area contributed by atoms with Gasteiger partial charge in [0.05, 0.1) is 12.4 Å². The average Bonchev–Trinajstić information content (AvgIpc) is 2.04. The summed E-state index contributed by atoms with van der Waals surface area (Å²) >= 11 is 0. The topological polar surface area (TPSA) is 41.6 Å². The van der Waals surface area contributed by atoms with Crippen LogP contribution in [0.2, 0.25) is 0 Å². The number of nitrogens with one attached hydrogen (secondary N) is 1. The molecule has 0 unspecified atom stereocenters. The first-order chi connectivity index (χ1) is 5.29. The molecule has 1 aromatic rings. The second-order valence-electron chi connectivity index (χ2n) is 2.43. The Morgan fingerprint density at radius 2 is 1.45 bits per heavy atom. The van der Waals surface area contributed by atoms with Gasteiger partial charge in [-0.1, -0.05) is 0 Å². The molecule has 0 radical (unpaired) electrons. The normalized spacial score (nSPS) is 8.91. The zero-order chi connectivity index (χ0) is 8.10. The van der Waals surface area contributed by atoms with Crippen molar-refractivity contribution in [3.63, 3.8) is 0 Å². The first kappa shape index (κ1) is 7.72. The van der Waals surface area contributed by atoms with Gasteiger partial charge in [-0.3, -0.25) is 0 Å². The fraction of sp³-hybridized carbons (Fsp3) is 0.250. The lowest BCUT2D eigenvalue weighted by atomic mass is 10.4. The summed E-state index contributed by atoms with van der Waals surface area (Å²) < 4.78 is 0. The molecule has 0 aliphatic carbocycles. The molecule has 1 N–H and O–H groups in total. The predicted octanol–water partition coefficient (Wildman–Crippen LogP) is 1.55. The van der Waals surface area contributed by atoms with Gasteiger partial charge in [-0.25, -0.2) is 0 Å². The van der Waals surface area contributed by atoms with Crippen molar-refractivity contribution in [3.05, 3.63) is 35.9 Å². The van der Waals surface area contributed by atoms with E-state index in [1.165, 1.54) is 0 Å². The zero-order valence-corrected chi connectivity index (χ0v) is 6.70. The summed E-state index contributed by atoms with van der Waals surface area (Å²) in [4.78, 5) is 3.02. The maximum absolute atomic E-state index is 3.82.